The standard InChI is InChI=1S/C18H17FN2O4/c1-11-13(10-20)17(23)21(8-5-9-25-2)18(24)15(11)16(22)12-6-3-4-7-14(12)19/h3-4,6-7,24H,5,8-9H2,1-2H3. The van der Waals surface area contributed by atoms with E-state index >= 15 is 0 Å². The van der Waals surface area contributed by atoms with Crippen molar-refractivity contribution in [3.8, 4) is 11.9 Å². The van der Waals surface area contributed by atoms with Gasteiger partial charge in [-0.3, -0.25) is 14.2 Å². The number of aromatic nitrogens is 1. The maximum atomic E-state index is 13.9. The van der Waals surface area contributed by atoms with Gasteiger partial charge < -0.3 is 9.84 Å². The molecule has 1 aromatic carbocycles. The fourth-order valence-electron chi connectivity index (χ4n) is 2.58. The maximum Gasteiger partial charge on any atom is 0.271 e. The van der Waals surface area contributed by atoms with Crippen LogP contribution in [0.4, 0.5) is 4.39 Å². The molecule has 1 N–H and O–H groups in total. The summed E-state index contributed by atoms with van der Waals surface area (Å²) >= 11 is 0. The fraction of sp³-hybridized carbons (Fsp3) is 0.278. The predicted molar refractivity (Wildman–Crippen MR) is 88.1 cm³/mol. The second kappa shape index (κ2) is 7.73. The number of hydrogen-bond donors (Lipinski definition) is 1. The number of rotatable bonds is 6. The van der Waals surface area contributed by atoms with Gasteiger partial charge >= 0.3 is 0 Å². The predicted octanol–water partition coefficient (Wildman–Crippen LogP) is 2.14. The van der Waals surface area contributed by atoms with E-state index in [1.54, 1.807) is 6.07 Å². The third kappa shape index (κ3) is 3.44. The van der Waals surface area contributed by atoms with Crippen LogP contribution < -0.4 is 5.56 Å². The Hall–Kier alpha value is -2.98. The average Bonchev–Trinajstić information content (AvgIpc) is 2.58. The molecule has 0 saturated carbocycles. The second-order valence-corrected chi connectivity index (χ2v) is 5.42. The van der Waals surface area contributed by atoms with Crippen molar-refractivity contribution in [2.45, 2.75) is 19.9 Å². The van der Waals surface area contributed by atoms with Crippen molar-refractivity contribution in [3.63, 3.8) is 0 Å². The second-order valence-electron chi connectivity index (χ2n) is 5.42. The molecule has 0 aliphatic carbocycles. The Morgan fingerprint density at radius 1 is 1.40 bits per heavy atom. The first-order chi connectivity index (χ1) is 11.9. The molecule has 0 aliphatic rings. The van der Waals surface area contributed by atoms with Crippen molar-refractivity contribution in [2.24, 2.45) is 0 Å². The number of carbonyl (C=O) groups is 1. The van der Waals surface area contributed by atoms with E-state index < -0.39 is 23.0 Å². The molecule has 2 aromatic rings. The molecule has 6 nitrogen and oxygen atoms in total. The van der Waals surface area contributed by atoms with Crippen LogP contribution in [0, 0.1) is 24.1 Å². The van der Waals surface area contributed by atoms with E-state index in [0.29, 0.717) is 13.0 Å². The van der Waals surface area contributed by atoms with Crippen LogP contribution in [0.2, 0.25) is 0 Å². The SMILES string of the molecule is COCCCn1c(O)c(C(=O)c2ccccc2F)c(C)c(C#N)c1=O. The number of ketones is 1. The van der Waals surface area contributed by atoms with E-state index in [1.807, 2.05) is 0 Å². The molecule has 2 rings (SSSR count). The zero-order valence-corrected chi connectivity index (χ0v) is 13.9. The molecule has 0 amide bonds. The lowest BCUT2D eigenvalue weighted by Gasteiger charge is -2.15. The quantitative estimate of drug-likeness (QED) is 0.640. The number of methoxy groups -OCH3 is 1. The highest BCUT2D eigenvalue weighted by Crippen LogP contribution is 2.26. The van der Waals surface area contributed by atoms with Crippen molar-refractivity contribution < 1.29 is 19.0 Å². The third-order valence-electron chi connectivity index (χ3n) is 3.88. The van der Waals surface area contributed by atoms with Gasteiger partial charge in [-0.25, -0.2) is 4.39 Å². The molecule has 0 spiro atoms. The van der Waals surface area contributed by atoms with Crippen LogP contribution >= 0.6 is 0 Å². The molecule has 0 atom stereocenters. The smallest absolute Gasteiger partial charge is 0.271 e. The van der Waals surface area contributed by atoms with E-state index in [1.165, 1.54) is 32.2 Å². The van der Waals surface area contributed by atoms with Gasteiger partial charge in [-0.1, -0.05) is 12.1 Å². The summed E-state index contributed by atoms with van der Waals surface area (Å²) in [7, 11) is 1.49. The largest absolute Gasteiger partial charge is 0.494 e. The van der Waals surface area contributed by atoms with Gasteiger partial charge in [0.1, 0.15) is 17.4 Å². The van der Waals surface area contributed by atoms with Gasteiger partial charge in [0.05, 0.1) is 11.1 Å². The van der Waals surface area contributed by atoms with Crippen LogP contribution in [-0.4, -0.2) is 29.2 Å². The lowest BCUT2D eigenvalue weighted by molar-refractivity contribution is 0.103. The van der Waals surface area contributed by atoms with E-state index in [2.05, 4.69) is 0 Å². The van der Waals surface area contributed by atoms with Gasteiger partial charge in [0.25, 0.3) is 5.56 Å². The number of halogens is 1. The first-order valence-electron chi connectivity index (χ1n) is 7.58. The van der Waals surface area contributed by atoms with E-state index in [0.717, 1.165) is 10.6 Å². The molecule has 7 heteroatoms. The Kier molecular flexibility index (Phi) is 5.67. The van der Waals surface area contributed by atoms with Crippen molar-refractivity contribution >= 4 is 5.78 Å². The number of pyridine rings is 1. The Morgan fingerprint density at radius 3 is 2.68 bits per heavy atom. The average molecular weight is 344 g/mol. The lowest BCUT2D eigenvalue weighted by atomic mass is 9.97. The van der Waals surface area contributed by atoms with E-state index in [-0.39, 0.29) is 28.8 Å². The lowest BCUT2D eigenvalue weighted by Crippen LogP contribution is -2.27. The van der Waals surface area contributed by atoms with Crippen LogP contribution in [0.1, 0.15) is 33.5 Å². The van der Waals surface area contributed by atoms with Gasteiger partial charge in [-0.15, -0.1) is 0 Å². The van der Waals surface area contributed by atoms with Gasteiger partial charge in [0.2, 0.25) is 11.7 Å². The van der Waals surface area contributed by atoms with Crippen LogP contribution in [0.3, 0.4) is 0 Å². The zero-order valence-electron chi connectivity index (χ0n) is 13.9. The third-order valence-corrected chi connectivity index (χ3v) is 3.88. The number of nitrogens with zero attached hydrogens (tertiary/aromatic N) is 2. The summed E-state index contributed by atoms with van der Waals surface area (Å²) in [5.74, 6) is -2.11. The molecule has 0 saturated heterocycles. The Morgan fingerprint density at radius 2 is 2.08 bits per heavy atom. The molecular weight excluding hydrogens is 327 g/mol. The Balaban J connectivity index is 2.67. The highest BCUT2D eigenvalue weighted by molar-refractivity contribution is 6.11. The van der Waals surface area contributed by atoms with Gasteiger partial charge in [-0.2, -0.15) is 5.26 Å². The first kappa shape index (κ1) is 18.4. The molecule has 0 bridgehead atoms. The molecule has 25 heavy (non-hydrogen) atoms. The van der Waals surface area contributed by atoms with Crippen molar-refractivity contribution in [3.05, 3.63) is 62.7 Å². The minimum Gasteiger partial charge on any atom is -0.494 e. The topological polar surface area (TPSA) is 92.3 Å². The number of hydrogen-bond acceptors (Lipinski definition) is 5. The van der Waals surface area contributed by atoms with Crippen LogP contribution in [0.5, 0.6) is 5.88 Å². The summed E-state index contributed by atoms with van der Waals surface area (Å²) in [4.78, 5) is 25.1. The Labute approximate surface area is 143 Å². The molecule has 0 radical (unpaired) electrons. The van der Waals surface area contributed by atoms with Gasteiger partial charge in [-0.05, 0) is 31.0 Å². The summed E-state index contributed by atoms with van der Waals surface area (Å²) < 4.78 is 19.8. The minimum atomic E-state index is -0.787. The molecule has 0 aliphatic heterocycles. The summed E-state index contributed by atoms with van der Waals surface area (Å²) in [6.07, 6.45) is 0.394. The minimum absolute atomic E-state index is 0.0289. The summed E-state index contributed by atoms with van der Waals surface area (Å²) in [6.45, 7) is 1.77. The highest BCUT2D eigenvalue weighted by atomic mass is 19.1. The molecular formula is C18H17FN2O4. The van der Waals surface area contributed by atoms with Crippen molar-refractivity contribution in [1.29, 1.82) is 5.26 Å². The first-order valence-corrected chi connectivity index (χ1v) is 7.58. The summed E-state index contributed by atoms with van der Waals surface area (Å²) in [5.41, 5.74) is -1.42. The van der Waals surface area contributed by atoms with Gasteiger partial charge in [0.15, 0.2) is 0 Å². The number of carbonyl (C=O) groups excluding carboxylic acids is 1. The fourth-order valence-corrected chi connectivity index (χ4v) is 2.58. The zero-order chi connectivity index (χ0) is 18.6. The highest BCUT2D eigenvalue weighted by Gasteiger charge is 2.26. The van der Waals surface area contributed by atoms with Crippen LogP contribution in [-0.2, 0) is 11.3 Å². The molecule has 0 fully saturated rings. The van der Waals surface area contributed by atoms with Gasteiger partial charge in [0, 0.05) is 20.3 Å². The Bertz CT molecular complexity index is 913. The number of aromatic hydroxyl groups is 1. The molecule has 1 aromatic heterocycles. The summed E-state index contributed by atoms with van der Waals surface area (Å²) in [6, 6.07) is 7.09. The van der Waals surface area contributed by atoms with E-state index in [4.69, 9.17) is 4.74 Å². The monoisotopic (exact) mass is 344 g/mol. The summed E-state index contributed by atoms with van der Waals surface area (Å²) in [5, 5.41) is 19.7. The van der Waals surface area contributed by atoms with E-state index in [9.17, 15) is 24.3 Å². The van der Waals surface area contributed by atoms with Crippen LogP contribution in [0.15, 0.2) is 29.1 Å². The maximum absolute atomic E-state index is 13.9. The van der Waals surface area contributed by atoms with Crippen molar-refractivity contribution in [2.75, 3.05) is 13.7 Å². The number of nitriles is 1. The molecule has 130 valence electrons. The molecule has 1 heterocycles. The van der Waals surface area contributed by atoms with Crippen molar-refractivity contribution in [1.82, 2.24) is 4.57 Å². The number of ether oxygens (including phenoxy) is 1. The van der Waals surface area contributed by atoms with Crippen LogP contribution in [0.25, 0.3) is 0 Å². The normalized spacial score (nSPS) is 10.5. The number of benzene rings is 1. The molecule has 0 unspecified atom stereocenters.